The van der Waals surface area contributed by atoms with E-state index in [-0.39, 0.29) is 11.6 Å². The highest BCUT2D eigenvalue weighted by Crippen LogP contribution is 2.16. The van der Waals surface area contributed by atoms with Crippen molar-refractivity contribution in [2.24, 2.45) is 0 Å². The summed E-state index contributed by atoms with van der Waals surface area (Å²) in [6, 6.07) is 5.84. The smallest absolute Gasteiger partial charge is 0.277 e. The van der Waals surface area contributed by atoms with Gasteiger partial charge in [-0.15, -0.1) is 5.10 Å². The molecule has 3 rings (SSSR count). The van der Waals surface area contributed by atoms with Gasteiger partial charge in [0.05, 0.1) is 6.20 Å². The molecule has 0 saturated carbocycles. The molecule has 24 heavy (non-hydrogen) atoms. The van der Waals surface area contributed by atoms with E-state index in [1.54, 1.807) is 13.1 Å². The van der Waals surface area contributed by atoms with Crippen molar-refractivity contribution >= 4 is 11.6 Å². The molecule has 1 amide bonds. The molecule has 1 N–H and O–H groups in total. The zero-order valence-electron chi connectivity index (χ0n) is 13.8. The van der Waals surface area contributed by atoms with Crippen LogP contribution in [0.4, 0.5) is 5.69 Å². The van der Waals surface area contributed by atoms with Crippen LogP contribution in [-0.4, -0.2) is 31.0 Å². The maximum Gasteiger partial charge on any atom is 0.277 e. The van der Waals surface area contributed by atoms with Crippen LogP contribution in [0, 0.1) is 13.8 Å². The normalized spacial score (nSPS) is 10.8. The van der Waals surface area contributed by atoms with Crippen molar-refractivity contribution in [2.75, 3.05) is 5.32 Å². The highest BCUT2D eigenvalue weighted by atomic mass is 16.5. The van der Waals surface area contributed by atoms with Crippen LogP contribution < -0.4 is 5.32 Å². The van der Waals surface area contributed by atoms with E-state index in [9.17, 15) is 4.79 Å². The third-order valence-electron chi connectivity index (χ3n) is 3.63. The molecule has 3 aromatic rings. The first-order valence-corrected chi connectivity index (χ1v) is 7.65. The third kappa shape index (κ3) is 3.48. The van der Waals surface area contributed by atoms with Gasteiger partial charge in [-0.05, 0) is 36.6 Å². The van der Waals surface area contributed by atoms with Crippen molar-refractivity contribution in [3.05, 3.63) is 52.9 Å². The molecular formula is C16H18N6O2. The number of anilines is 1. The SMILES string of the molecule is CCc1cc(NC(=O)c2cn(Cc3noc(C)n3)nn2)ccc1C. The minimum atomic E-state index is -0.309. The van der Waals surface area contributed by atoms with Crippen LogP contribution in [0.5, 0.6) is 0 Å². The molecule has 2 heterocycles. The van der Waals surface area contributed by atoms with E-state index in [1.165, 1.54) is 15.8 Å². The van der Waals surface area contributed by atoms with Crippen molar-refractivity contribution in [2.45, 2.75) is 33.7 Å². The molecule has 1 aromatic carbocycles. The number of rotatable bonds is 5. The van der Waals surface area contributed by atoms with Gasteiger partial charge in [0.2, 0.25) is 5.89 Å². The van der Waals surface area contributed by atoms with E-state index < -0.39 is 0 Å². The summed E-state index contributed by atoms with van der Waals surface area (Å²) in [7, 11) is 0. The molecule has 0 aliphatic rings. The summed E-state index contributed by atoms with van der Waals surface area (Å²) < 4.78 is 6.39. The zero-order chi connectivity index (χ0) is 17.1. The Morgan fingerprint density at radius 2 is 2.17 bits per heavy atom. The van der Waals surface area contributed by atoms with Gasteiger partial charge in [0, 0.05) is 12.6 Å². The maximum atomic E-state index is 12.3. The molecule has 8 nitrogen and oxygen atoms in total. The highest BCUT2D eigenvalue weighted by molar-refractivity contribution is 6.02. The Hall–Kier alpha value is -3.03. The molecule has 8 heteroatoms. The Bertz CT molecular complexity index is 867. The lowest BCUT2D eigenvalue weighted by atomic mass is 10.1. The Morgan fingerprint density at radius 3 is 2.88 bits per heavy atom. The lowest BCUT2D eigenvalue weighted by Gasteiger charge is -2.07. The summed E-state index contributed by atoms with van der Waals surface area (Å²) in [5, 5.41) is 14.4. The van der Waals surface area contributed by atoms with Crippen molar-refractivity contribution < 1.29 is 9.32 Å². The van der Waals surface area contributed by atoms with Gasteiger partial charge in [0.15, 0.2) is 11.5 Å². The Kier molecular flexibility index (Phi) is 4.37. The molecule has 2 aromatic heterocycles. The maximum absolute atomic E-state index is 12.3. The van der Waals surface area contributed by atoms with E-state index >= 15 is 0 Å². The molecule has 0 fully saturated rings. The molecule has 0 saturated heterocycles. The summed E-state index contributed by atoms with van der Waals surface area (Å²) in [4.78, 5) is 16.4. The van der Waals surface area contributed by atoms with E-state index in [0.29, 0.717) is 18.3 Å². The number of hydrogen-bond donors (Lipinski definition) is 1. The number of benzene rings is 1. The van der Waals surface area contributed by atoms with Crippen LogP contribution in [0.2, 0.25) is 0 Å². The number of aromatic nitrogens is 5. The molecule has 0 unspecified atom stereocenters. The fourth-order valence-corrected chi connectivity index (χ4v) is 2.36. The topological polar surface area (TPSA) is 98.7 Å². The summed E-state index contributed by atoms with van der Waals surface area (Å²) >= 11 is 0. The van der Waals surface area contributed by atoms with Crippen molar-refractivity contribution in [3.63, 3.8) is 0 Å². The second-order valence-electron chi connectivity index (χ2n) is 5.48. The number of hydrogen-bond acceptors (Lipinski definition) is 6. The number of carbonyl (C=O) groups is 1. The molecule has 0 spiro atoms. The van der Waals surface area contributed by atoms with Gasteiger partial charge in [0.1, 0.15) is 6.54 Å². The van der Waals surface area contributed by atoms with Crippen LogP contribution in [0.25, 0.3) is 0 Å². The second kappa shape index (κ2) is 6.61. The van der Waals surface area contributed by atoms with Crippen molar-refractivity contribution in [3.8, 4) is 0 Å². The summed E-state index contributed by atoms with van der Waals surface area (Å²) in [5.41, 5.74) is 3.38. The van der Waals surface area contributed by atoms with Crippen LogP contribution in [0.15, 0.2) is 28.9 Å². The first kappa shape index (κ1) is 15.9. The third-order valence-corrected chi connectivity index (χ3v) is 3.63. The number of aryl methyl sites for hydroxylation is 3. The molecule has 0 bridgehead atoms. The van der Waals surface area contributed by atoms with Gasteiger partial charge < -0.3 is 9.84 Å². The number of carbonyl (C=O) groups excluding carboxylic acids is 1. The molecule has 0 radical (unpaired) electrons. The molecular weight excluding hydrogens is 308 g/mol. The molecule has 0 aliphatic heterocycles. The van der Waals surface area contributed by atoms with Gasteiger partial charge in [-0.3, -0.25) is 4.79 Å². The largest absolute Gasteiger partial charge is 0.340 e. The minimum absolute atomic E-state index is 0.230. The monoisotopic (exact) mass is 326 g/mol. The van der Waals surface area contributed by atoms with E-state index in [0.717, 1.165) is 12.1 Å². The highest BCUT2D eigenvalue weighted by Gasteiger charge is 2.13. The molecule has 124 valence electrons. The number of nitrogens with one attached hydrogen (secondary N) is 1. The van der Waals surface area contributed by atoms with E-state index in [1.807, 2.05) is 18.2 Å². The Labute approximate surface area is 138 Å². The van der Waals surface area contributed by atoms with Gasteiger partial charge in [-0.1, -0.05) is 23.4 Å². The number of amides is 1. The lowest BCUT2D eigenvalue weighted by Crippen LogP contribution is -2.12. The summed E-state index contributed by atoms with van der Waals surface area (Å²) in [6.45, 7) is 6.14. The molecule has 0 aliphatic carbocycles. The van der Waals surface area contributed by atoms with Crippen molar-refractivity contribution in [1.29, 1.82) is 0 Å². The van der Waals surface area contributed by atoms with Crippen LogP contribution in [-0.2, 0) is 13.0 Å². The minimum Gasteiger partial charge on any atom is -0.340 e. The average Bonchev–Trinajstić information content (AvgIpc) is 3.19. The van der Waals surface area contributed by atoms with E-state index in [4.69, 9.17) is 4.52 Å². The predicted octanol–water partition coefficient (Wildman–Crippen LogP) is 2.14. The van der Waals surface area contributed by atoms with Crippen LogP contribution in [0.3, 0.4) is 0 Å². The first-order chi connectivity index (χ1) is 11.5. The Balaban J connectivity index is 1.69. The first-order valence-electron chi connectivity index (χ1n) is 7.65. The van der Waals surface area contributed by atoms with Crippen molar-refractivity contribution in [1.82, 2.24) is 25.1 Å². The van der Waals surface area contributed by atoms with E-state index in [2.05, 4.69) is 39.6 Å². The van der Waals surface area contributed by atoms with Gasteiger partial charge in [-0.25, -0.2) is 4.68 Å². The summed E-state index contributed by atoms with van der Waals surface area (Å²) in [6.07, 6.45) is 2.46. The summed E-state index contributed by atoms with van der Waals surface area (Å²) in [5.74, 6) is 0.654. The second-order valence-corrected chi connectivity index (χ2v) is 5.48. The molecule has 0 atom stereocenters. The van der Waals surface area contributed by atoms with Crippen LogP contribution in [0.1, 0.15) is 40.3 Å². The van der Waals surface area contributed by atoms with Crippen LogP contribution >= 0.6 is 0 Å². The lowest BCUT2D eigenvalue weighted by molar-refractivity contribution is 0.102. The van der Waals surface area contributed by atoms with Gasteiger partial charge in [0.25, 0.3) is 5.91 Å². The Morgan fingerprint density at radius 1 is 1.33 bits per heavy atom. The number of nitrogens with zero attached hydrogens (tertiary/aromatic N) is 5. The quantitative estimate of drug-likeness (QED) is 0.771. The average molecular weight is 326 g/mol. The predicted molar refractivity (Wildman–Crippen MR) is 86.7 cm³/mol. The van der Waals surface area contributed by atoms with Gasteiger partial charge >= 0.3 is 0 Å². The standard InChI is InChI=1S/C16H18N6O2/c1-4-12-7-13(6-5-10(12)2)18-16(23)14-8-22(21-19-14)9-15-17-11(3)24-20-15/h5-8H,4,9H2,1-3H3,(H,18,23). The zero-order valence-corrected chi connectivity index (χ0v) is 13.8. The fourth-order valence-electron chi connectivity index (χ4n) is 2.36. The van der Waals surface area contributed by atoms with Gasteiger partial charge in [-0.2, -0.15) is 4.98 Å². The fraction of sp³-hybridized carbons (Fsp3) is 0.312.